The van der Waals surface area contributed by atoms with Gasteiger partial charge in [0.1, 0.15) is 0 Å². The number of aromatic nitrogens is 1. The van der Waals surface area contributed by atoms with Crippen LogP contribution in [0.15, 0.2) is 297 Å². The summed E-state index contributed by atoms with van der Waals surface area (Å²) in [6, 6.07) is 109. The molecule has 2 aliphatic carbocycles. The molecule has 0 amide bonds. The van der Waals surface area contributed by atoms with Gasteiger partial charge in [0.25, 0.3) is 0 Å². The van der Waals surface area contributed by atoms with Crippen molar-refractivity contribution in [2.45, 2.75) is 5.41 Å². The van der Waals surface area contributed by atoms with E-state index in [0.717, 1.165) is 56.5 Å². The predicted molar refractivity (Wildman–Crippen MR) is 317 cm³/mol. The van der Waals surface area contributed by atoms with Crippen LogP contribution < -0.4 is 9.80 Å². The Morgan fingerprint density at radius 1 is 0.263 bits per heavy atom. The highest BCUT2D eigenvalue weighted by atomic mass is 15.2. The Morgan fingerprint density at radius 2 is 0.684 bits per heavy atom. The van der Waals surface area contributed by atoms with Crippen LogP contribution in [0.3, 0.4) is 0 Å². The summed E-state index contributed by atoms with van der Waals surface area (Å²) in [7, 11) is 0. The Hall–Kier alpha value is -9.96. The largest absolute Gasteiger partial charge is 0.310 e. The van der Waals surface area contributed by atoms with Crippen LogP contribution in [0.25, 0.3) is 72.0 Å². The van der Waals surface area contributed by atoms with E-state index in [4.69, 9.17) is 0 Å². The molecule has 13 aromatic rings. The van der Waals surface area contributed by atoms with Gasteiger partial charge in [-0.3, -0.25) is 0 Å². The van der Waals surface area contributed by atoms with Gasteiger partial charge >= 0.3 is 0 Å². The molecule has 0 fully saturated rings. The molecule has 0 aliphatic heterocycles. The first-order chi connectivity index (χ1) is 37.7. The summed E-state index contributed by atoms with van der Waals surface area (Å²) in [4.78, 5) is 4.84. The maximum Gasteiger partial charge on any atom is 0.0725 e. The van der Waals surface area contributed by atoms with Gasteiger partial charge in [0.2, 0.25) is 0 Å². The van der Waals surface area contributed by atoms with E-state index in [9.17, 15) is 0 Å². The van der Waals surface area contributed by atoms with Crippen LogP contribution in [-0.2, 0) is 5.41 Å². The highest BCUT2D eigenvalue weighted by molar-refractivity contribution is 6.19. The molecule has 3 heteroatoms. The second-order valence-corrected chi connectivity index (χ2v) is 20.0. The first kappa shape index (κ1) is 43.6. The fraction of sp³-hybridized carbons (Fsp3) is 0.0137. The molecule has 0 atom stereocenters. The van der Waals surface area contributed by atoms with Crippen LogP contribution in [0.1, 0.15) is 22.3 Å². The number of para-hydroxylation sites is 3. The first-order valence-corrected chi connectivity index (χ1v) is 26.3. The summed E-state index contributed by atoms with van der Waals surface area (Å²) < 4.78 is 2.47. The number of anilines is 6. The van der Waals surface area contributed by atoms with Crippen LogP contribution in [-0.4, -0.2) is 4.57 Å². The van der Waals surface area contributed by atoms with Gasteiger partial charge in [-0.15, -0.1) is 0 Å². The third kappa shape index (κ3) is 6.69. The number of fused-ring (bicyclic) bond motifs is 14. The van der Waals surface area contributed by atoms with Crippen LogP contribution in [0.4, 0.5) is 34.1 Å². The van der Waals surface area contributed by atoms with Crippen molar-refractivity contribution in [1.82, 2.24) is 4.57 Å². The standard InChI is InChI=1S/C73H49N3/c1-6-22-50(23-7-1)52-38-40-57(41-39-52)74(54-26-10-3-11-27-54)59-46-53(51-24-8-2-9-25-51)47-60(48-59)75(55-28-12-4-13-29-55)58-42-44-69-64(49-58)72-70(76(69)56-30-14-5-15-31-56)45-43-68-71(72)63-34-18-21-37-67(63)73(68)65-35-19-16-32-61(65)62-33-17-20-36-66(62)73/h1-49H. The van der Waals surface area contributed by atoms with Gasteiger partial charge in [-0.2, -0.15) is 0 Å². The monoisotopic (exact) mass is 967 g/mol. The van der Waals surface area contributed by atoms with Gasteiger partial charge in [0.15, 0.2) is 0 Å². The molecular formula is C73H49N3. The molecule has 3 nitrogen and oxygen atoms in total. The number of rotatable bonds is 9. The zero-order valence-corrected chi connectivity index (χ0v) is 41.6. The molecular weight excluding hydrogens is 919 g/mol. The second kappa shape index (κ2) is 17.6. The van der Waals surface area contributed by atoms with E-state index >= 15 is 0 Å². The molecule has 2 aliphatic rings. The fourth-order valence-corrected chi connectivity index (χ4v) is 12.8. The van der Waals surface area contributed by atoms with E-state index in [0.29, 0.717) is 0 Å². The molecule has 12 aromatic carbocycles. The molecule has 0 saturated heterocycles. The predicted octanol–water partition coefficient (Wildman–Crippen LogP) is 19.4. The summed E-state index contributed by atoms with van der Waals surface area (Å²) >= 11 is 0. The Kier molecular flexibility index (Phi) is 10.1. The van der Waals surface area contributed by atoms with E-state index in [1.807, 2.05) is 0 Å². The van der Waals surface area contributed by atoms with Crippen LogP contribution >= 0.6 is 0 Å². The maximum absolute atomic E-state index is 2.47. The van der Waals surface area contributed by atoms with Gasteiger partial charge in [-0.1, -0.05) is 206 Å². The molecule has 1 aromatic heterocycles. The lowest BCUT2D eigenvalue weighted by molar-refractivity contribution is 0.794. The quantitative estimate of drug-likeness (QED) is 0.143. The fourth-order valence-electron chi connectivity index (χ4n) is 12.8. The van der Waals surface area contributed by atoms with Crippen molar-refractivity contribution in [3.8, 4) is 50.2 Å². The molecule has 0 saturated carbocycles. The minimum atomic E-state index is -0.469. The Balaban J connectivity index is 0.995. The minimum absolute atomic E-state index is 0.469. The van der Waals surface area contributed by atoms with Gasteiger partial charge in [-0.05, 0) is 158 Å². The molecule has 76 heavy (non-hydrogen) atoms. The average molecular weight is 968 g/mol. The van der Waals surface area contributed by atoms with Crippen LogP contribution in [0, 0.1) is 0 Å². The molecule has 1 spiro atoms. The van der Waals surface area contributed by atoms with E-state index < -0.39 is 5.41 Å². The molecule has 356 valence electrons. The Bertz CT molecular complexity index is 4270. The summed E-state index contributed by atoms with van der Waals surface area (Å²) in [6.07, 6.45) is 0. The van der Waals surface area contributed by atoms with Crippen LogP contribution in [0.2, 0.25) is 0 Å². The van der Waals surface area contributed by atoms with Crippen molar-refractivity contribution in [2.75, 3.05) is 9.80 Å². The van der Waals surface area contributed by atoms with E-state index in [1.54, 1.807) is 0 Å². The molecule has 0 radical (unpaired) electrons. The Morgan fingerprint density at radius 3 is 1.26 bits per heavy atom. The molecule has 0 bridgehead atoms. The molecule has 1 heterocycles. The van der Waals surface area contributed by atoms with Crippen molar-refractivity contribution in [3.05, 3.63) is 320 Å². The number of hydrogen-bond acceptors (Lipinski definition) is 2. The smallest absolute Gasteiger partial charge is 0.0725 e. The van der Waals surface area contributed by atoms with Gasteiger partial charge in [0.05, 0.1) is 16.4 Å². The summed E-state index contributed by atoms with van der Waals surface area (Å²) in [5.41, 5.74) is 24.6. The third-order valence-corrected chi connectivity index (χ3v) is 15.9. The lowest BCUT2D eigenvalue weighted by Gasteiger charge is -2.30. The topological polar surface area (TPSA) is 11.4 Å². The molecule has 0 unspecified atom stereocenters. The van der Waals surface area contributed by atoms with Crippen molar-refractivity contribution >= 4 is 55.9 Å². The van der Waals surface area contributed by atoms with Gasteiger partial charge in [-0.25, -0.2) is 0 Å². The summed E-state index contributed by atoms with van der Waals surface area (Å²) in [5, 5.41) is 2.45. The highest BCUT2D eigenvalue weighted by Gasteiger charge is 2.52. The highest BCUT2D eigenvalue weighted by Crippen LogP contribution is 2.64. The number of hydrogen-bond donors (Lipinski definition) is 0. The SMILES string of the molecule is c1ccc(-c2ccc(N(c3ccccc3)c3cc(-c4ccccc4)cc(N(c4ccccc4)c4ccc5c(c4)c4c6c(ccc4n5-c4ccccc4)C4(c5ccccc5-c5ccccc54)c4ccccc4-6)c3)cc2)cc1. The lowest BCUT2D eigenvalue weighted by atomic mass is 9.70. The Labute approximate surface area is 443 Å². The normalized spacial score (nSPS) is 12.6. The zero-order valence-electron chi connectivity index (χ0n) is 41.6. The van der Waals surface area contributed by atoms with Crippen molar-refractivity contribution in [1.29, 1.82) is 0 Å². The first-order valence-electron chi connectivity index (χ1n) is 26.3. The van der Waals surface area contributed by atoms with E-state index in [-0.39, 0.29) is 0 Å². The maximum atomic E-state index is 2.47. The summed E-state index contributed by atoms with van der Waals surface area (Å²) in [5.74, 6) is 0. The average Bonchev–Trinajstić information content (AvgIpc) is 4.30. The van der Waals surface area contributed by atoms with Crippen LogP contribution in [0.5, 0.6) is 0 Å². The number of nitrogens with zero attached hydrogens (tertiary/aromatic N) is 3. The van der Waals surface area contributed by atoms with Gasteiger partial charge in [0, 0.05) is 50.6 Å². The summed E-state index contributed by atoms with van der Waals surface area (Å²) in [6.45, 7) is 0. The second-order valence-electron chi connectivity index (χ2n) is 20.0. The zero-order chi connectivity index (χ0) is 50.2. The van der Waals surface area contributed by atoms with Crippen molar-refractivity contribution < 1.29 is 0 Å². The third-order valence-electron chi connectivity index (χ3n) is 15.9. The van der Waals surface area contributed by atoms with E-state index in [2.05, 4.69) is 312 Å². The van der Waals surface area contributed by atoms with Crippen molar-refractivity contribution in [2.24, 2.45) is 0 Å². The lowest BCUT2D eigenvalue weighted by Crippen LogP contribution is -2.25. The molecule has 15 rings (SSSR count). The number of benzene rings is 12. The van der Waals surface area contributed by atoms with Gasteiger partial charge < -0.3 is 14.4 Å². The van der Waals surface area contributed by atoms with Crippen molar-refractivity contribution in [3.63, 3.8) is 0 Å². The molecule has 0 N–H and O–H groups in total. The van der Waals surface area contributed by atoms with E-state index in [1.165, 1.54) is 71.9 Å². The minimum Gasteiger partial charge on any atom is -0.310 e.